The zero-order valence-electron chi connectivity index (χ0n) is 17.6. The van der Waals surface area contributed by atoms with Crippen molar-refractivity contribution in [1.29, 1.82) is 0 Å². The predicted molar refractivity (Wildman–Crippen MR) is 120 cm³/mol. The van der Waals surface area contributed by atoms with Crippen molar-refractivity contribution in [2.45, 2.75) is 63.6 Å². The summed E-state index contributed by atoms with van der Waals surface area (Å²) in [6.45, 7) is 6.62. The molecule has 0 N–H and O–H groups in total. The maximum atomic E-state index is 13.4. The number of pyridine rings is 1. The van der Waals surface area contributed by atoms with E-state index in [4.69, 9.17) is 0 Å². The molecule has 4 nitrogen and oxygen atoms in total. The van der Waals surface area contributed by atoms with Gasteiger partial charge >= 0.3 is 0 Å². The molecule has 0 aromatic carbocycles. The van der Waals surface area contributed by atoms with Crippen LogP contribution in [0.2, 0.25) is 0 Å². The number of piperidine rings is 1. The summed E-state index contributed by atoms with van der Waals surface area (Å²) in [5, 5.41) is 0. The van der Waals surface area contributed by atoms with E-state index in [1.807, 2.05) is 0 Å². The van der Waals surface area contributed by atoms with Crippen LogP contribution in [0.4, 0.5) is 0 Å². The number of likely N-dealkylation sites (tertiary alicyclic amines) is 2. The number of fused-ring (bicyclic) bond motifs is 5. The number of nitrogens with zero attached hydrogens (tertiary/aromatic N) is 3. The molecule has 158 valence electrons. The van der Waals surface area contributed by atoms with Crippen LogP contribution >= 0.6 is 11.8 Å². The molecule has 5 heterocycles. The fourth-order valence-electron chi connectivity index (χ4n) is 7.20. The SMILES string of the molecule is O=c1c(CN2C[C@H]3CCC[C@H]3C2)ccc2n1C[C@H]1C[C@@H]2CN(C2CCSCC2)C1. The van der Waals surface area contributed by atoms with Crippen molar-refractivity contribution in [1.82, 2.24) is 14.4 Å². The van der Waals surface area contributed by atoms with E-state index in [0.29, 0.717) is 17.4 Å². The number of thioether (sulfide) groups is 1. The molecule has 4 aliphatic heterocycles. The van der Waals surface area contributed by atoms with Crippen molar-refractivity contribution in [3.63, 3.8) is 0 Å². The molecule has 1 saturated carbocycles. The Labute approximate surface area is 179 Å². The highest BCUT2D eigenvalue weighted by Gasteiger charge is 2.39. The van der Waals surface area contributed by atoms with Crippen molar-refractivity contribution in [3.05, 3.63) is 33.7 Å². The summed E-state index contributed by atoms with van der Waals surface area (Å²) in [6, 6.07) is 5.28. The first-order valence-electron chi connectivity index (χ1n) is 12.0. The highest BCUT2D eigenvalue weighted by Crippen LogP contribution is 2.39. The first-order valence-corrected chi connectivity index (χ1v) is 13.2. The van der Waals surface area contributed by atoms with Crippen LogP contribution < -0.4 is 5.56 Å². The van der Waals surface area contributed by atoms with Gasteiger partial charge in [0.1, 0.15) is 0 Å². The minimum Gasteiger partial charge on any atom is -0.312 e. The molecule has 1 aliphatic carbocycles. The molecule has 5 heteroatoms. The molecule has 5 aliphatic rings. The number of hydrogen-bond donors (Lipinski definition) is 0. The molecule has 29 heavy (non-hydrogen) atoms. The zero-order valence-corrected chi connectivity index (χ0v) is 18.4. The van der Waals surface area contributed by atoms with E-state index < -0.39 is 0 Å². The summed E-state index contributed by atoms with van der Waals surface area (Å²) < 4.78 is 2.18. The smallest absolute Gasteiger partial charge is 0.255 e. The number of aromatic nitrogens is 1. The lowest BCUT2D eigenvalue weighted by molar-refractivity contribution is 0.0773. The van der Waals surface area contributed by atoms with E-state index >= 15 is 0 Å². The largest absolute Gasteiger partial charge is 0.312 e. The topological polar surface area (TPSA) is 28.5 Å². The van der Waals surface area contributed by atoms with Crippen molar-refractivity contribution in [2.75, 3.05) is 37.7 Å². The fraction of sp³-hybridized carbons (Fsp3) is 0.792. The minimum atomic E-state index is 0.316. The van der Waals surface area contributed by atoms with E-state index in [9.17, 15) is 4.79 Å². The molecule has 6 rings (SSSR count). The van der Waals surface area contributed by atoms with Gasteiger partial charge in [0.25, 0.3) is 5.56 Å². The summed E-state index contributed by atoms with van der Waals surface area (Å²) in [6.07, 6.45) is 8.23. The molecular weight excluding hydrogens is 378 g/mol. The summed E-state index contributed by atoms with van der Waals surface area (Å²) in [5.74, 6) is 5.68. The van der Waals surface area contributed by atoms with Crippen molar-refractivity contribution in [3.8, 4) is 0 Å². The van der Waals surface area contributed by atoms with Gasteiger partial charge in [0.2, 0.25) is 0 Å². The third-order valence-electron chi connectivity index (χ3n) is 8.61. The third-order valence-corrected chi connectivity index (χ3v) is 9.66. The van der Waals surface area contributed by atoms with Gasteiger partial charge in [-0.25, -0.2) is 0 Å². The average Bonchev–Trinajstić information content (AvgIpc) is 3.33. The number of hydrogen-bond acceptors (Lipinski definition) is 4. The lowest BCUT2D eigenvalue weighted by Crippen LogP contribution is -2.51. The van der Waals surface area contributed by atoms with E-state index in [1.165, 1.54) is 81.9 Å². The van der Waals surface area contributed by atoms with Gasteiger partial charge in [0, 0.05) is 62.5 Å². The van der Waals surface area contributed by atoms with Crippen molar-refractivity contribution < 1.29 is 0 Å². The standard InChI is InChI=1S/C24H35N3OS/c28-24-20(15-25-13-18-2-1-3-19(18)14-25)4-5-23-21-10-17(12-27(23)24)11-26(16-21)22-6-8-29-9-7-22/h4-5,17-19,21-22H,1-3,6-16H2/t17-,18-,19+,21+/m0/s1. The van der Waals surface area contributed by atoms with Crippen LogP contribution in [0.25, 0.3) is 0 Å². The van der Waals surface area contributed by atoms with E-state index in [2.05, 4.69) is 38.3 Å². The van der Waals surface area contributed by atoms with Gasteiger partial charge in [0.05, 0.1) is 0 Å². The van der Waals surface area contributed by atoms with Crippen molar-refractivity contribution >= 4 is 11.8 Å². The Morgan fingerprint density at radius 3 is 2.52 bits per heavy atom. The second kappa shape index (κ2) is 7.72. The fourth-order valence-corrected chi connectivity index (χ4v) is 8.28. The minimum absolute atomic E-state index is 0.316. The normalized spacial score (nSPS) is 35.6. The van der Waals surface area contributed by atoms with E-state index in [0.717, 1.165) is 36.5 Å². The molecule has 4 atom stereocenters. The van der Waals surface area contributed by atoms with Gasteiger partial charge in [-0.15, -0.1) is 0 Å². The second-order valence-electron chi connectivity index (χ2n) is 10.4. The van der Waals surface area contributed by atoms with E-state index in [1.54, 1.807) is 0 Å². The van der Waals surface area contributed by atoms with Crippen LogP contribution in [0.1, 0.15) is 55.7 Å². The van der Waals surface area contributed by atoms with Crippen LogP contribution in [0.15, 0.2) is 16.9 Å². The Kier molecular flexibility index (Phi) is 5.05. The molecule has 1 aromatic heterocycles. The first-order chi connectivity index (χ1) is 14.2. The lowest BCUT2D eigenvalue weighted by Gasteiger charge is -2.46. The van der Waals surface area contributed by atoms with Gasteiger partial charge in [0.15, 0.2) is 0 Å². The summed E-state index contributed by atoms with van der Waals surface area (Å²) >= 11 is 2.12. The highest BCUT2D eigenvalue weighted by molar-refractivity contribution is 7.99. The zero-order chi connectivity index (χ0) is 19.4. The average molecular weight is 414 g/mol. The maximum Gasteiger partial charge on any atom is 0.255 e. The summed E-state index contributed by atoms with van der Waals surface area (Å²) in [7, 11) is 0. The monoisotopic (exact) mass is 413 g/mol. The van der Waals surface area contributed by atoms with Gasteiger partial charge in [-0.1, -0.05) is 12.5 Å². The van der Waals surface area contributed by atoms with Crippen LogP contribution in [-0.2, 0) is 13.1 Å². The van der Waals surface area contributed by atoms with Crippen LogP contribution in [0.5, 0.6) is 0 Å². The first kappa shape index (κ1) is 18.9. The molecule has 0 unspecified atom stereocenters. The van der Waals surface area contributed by atoms with Crippen LogP contribution in [0, 0.1) is 17.8 Å². The van der Waals surface area contributed by atoms with Gasteiger partial charge in [-0.3, -0.25) is 14.6 Å². The molecule has 0 amide bonds. The Balaban J connectivity index is 1.20. The van der Waals surface area contributed by atoms with E-state index in [-0.39, 0.29) is 0 Å². The summed E-state index contributed by atoms with van der Waals surface area (Å²) in [4.78, 5) is 18.7. The van der Waals surface area contributed by atoms with Gasteiger partial charge < -0.3 is 4.57 Å². The maximum absolute atomic E-state index is 13.4. The Morgan fingerprint density at radius 2 is 1.72 bits per heavy atom. The summed E-state index contributed by atoms with van der Waals surface area (Å²) in [5.41, 5.74) is 2.68. The predicted octanol–water partition coefficient (Wildman–Crippen LogP) is 3.39. The van der Waals surface area contributed by atoms with Crippen molar-refractivity contribution in [2.24, 2.45) is 17.8 Å². The quantitative estimate of drug-likeness (QED) is 0.759. The second-order valence-corrected chi connectivity index (χ2v) is 11.7. The van der Waals surface area contributed by atoms with Gasteiger partial charge in [-0.05, 0) is 67.4 Å². The molecular formula is C24H35N3OS. The molecule has 0 radical (unpaired) electrons. The third kappa shape index (κ3) is 3.51. The lowest BCUT2D eigenvalue weighted by atomic mass is 9.82. The highest BCUT2D eigenvalue weighted by atomic mass is 32.2. The molecule has 2 bridgehead atoms. The van der Waals surface area contributed by atoms with Gasteiger partial charge in [-0.2, -0.15) is 11.8 Å². The van der Waals surface area contributed by atoms with Crippen LogP contribution in [-0.4, -0.2) is 58.1 Å². The molecule has 3 saturated heterocycles. The molecule has 1 aromatic rings. The molecule has 0 spiro atoms. The Morgan fingerprint density at radius 1 is 0.931 bits per heavy atom. The molecule has 4 fully saturated rings. The Hall–Kier alpha value is -0.780. The Bertz CT molecular complexity index is 805. The number of rotatable bonds is 3. The van der Waals surface area contributed by atoms with Crippen LogP contribution in [0.3, 0.4) is 0 Å².